The molecule has 2 aliphatic heterocycles. The lowest BCUT2D eigenvalue weighted by atomic mass is 10.3. The SMILES string of the molecule is COc1ccc(N2CC(NS(=O)(=O)c3ccc4c(c3)OCCO4)CC2=O)cc1. The Hall–Kier alpha value is -2.78. The van der Waals surface area contributed by atoms with Gasteiger partial charge in [-0.1, -0.05) is 0 Å². The highest BCUT2D eigenvalue weighted by Crippen LogP contribution is 2.32. The molecule has 28 heavy (non-hydrogen) atoms. The van der Waals surface area contributed by atoms with E-state index in [1.807, 2.05) is 0 Å². The third-order valence-corrected chi connectivity index (χ3v) is 6.17. The summed E-state index contributed by atoms with van der Waals surface area (Å²) in [5.41, 5.74) is 0.701. The number of amides is 1. The molecule has 2 aromatic rings. The first-order chi connectivity index (χ1) is 13.5. The molecule has 4 rings (SSSR count). The van der Waals surface area contributed by atoms with Crippen molar-refractivity contribution in [2.45, 2.75) is 17.4 Å². The summed E-state index contributed by atoms with van der Waals surface area (Å²) < 4.78 is 44.1. The number of anilines is 1. The van der Waals surface area contributed by atoms with Gasteiger partial charge in [0.05, 0.1) is 12.0 Å². The number of sulfonamides is 1. The molecular formula is C19H20N2O6S. The molecule has 0 aliphatic carbocycles. The number of nitrogens with one attached hydrogen (secondary N) is 1. The third-order valence-electron chi connectivity index (χ3n) is 4.65. The van der Waals surface area contributed by atoms with Crippen LogP contribution >= 0.6 is 0 Å². The Balaban J connectivity index is 1.48. The number of methoxy groups -OCH3 is 1. The van der Waals surface area contributed by atoms with Crippen LogP contribution in [0.1, 0.15) is 6.42 Å². The molecule has 148 valence electrons. The summed E-state index contributed by atoms with van der Waals surface area (Å²) in [5, 5.41) is 0. The highest BCUT2D eigenvalue weighted by Gasteiger charge is 2.34. The smallest absolute Gasteiger partial charge is 0.241 e. The fourth-order valence-corrected chi connectivity index (χ4v) is 4.52. The molecule has 1 saturated heterocycles. The van der Waals surface area contributed by atoms with Crippen molar-refractivity contribution >= 4 is 21.6 Å². The molecule has 2 aromatic carbocycles. The number of benzene rings is 2. The van der Waals surface area contributed by atoms with E-state index in [0.717, 1.165) is 0 Å². The first-order valence-electron chi connectivity index (χ1n) is 8.83. The average Bonchev–Trinajstić information content (AvgIpc) is 3.07. The molecule has 1 N–H and O–H groups in total. The van der Waals surface area contributed by atoms with Gasteiger partial charge in [-0.3, -0.25) is 4.79 Å². The predicted molar refractivity (Wildman–Crippen MR) is 102 cm³/mol. The van der Waals surface area contributed by atoms with Crippen LogP contribution in [0.2, 0.25) is 0 Å². The van der Waals surface area contributed by atoms with Gasteiger partial charge in [0.1, 0.15) is 19.0 Å². The lowest BCUT2D eigenvalue weighted by Gasteiger charge is -2.20. The van der Waals surface area contributed by atoms with E-state index >= 15 is 0 Å². The van der Waals surface area contributed by atoms with Crippen LogP contribution in [-0.4, -0.2) is 47.2 Å². The molecule has 0 aromatic heterocycles. The van der Waals surface area contributed by atoms with Crippen molar-refractivity contribution in [1.29, 1.82) is 0 Å². The number of carbonyl (C=O) groups is 1. The fourth-order valence-electron chi connectivity index (χ4n) is 3.28. The molecule has 1 atom stereocenters. The van der Waals surface area contributed by atoms with Crippen LogP contribution in [0.25, 0.3) is 0 Å². The summed E-state index contributed by atoms with van der Waals surface area (Å²) >= 11 is 0. The summed E-state index contributed by atoms with van der Waals surface area (Å²) in [5.74, 6) is 1.47. The first-order valence-corrected chi connectivity index (χ1v) is 10.3. The Labute approximate surface area is 163 Å². The van der Waals surface area contributed by atoms with Crippen molar-refractivity contribution in [2.24, 2.45) is 0 Å². The van der Waals surface area contributed by atoms with Gasteiger partial charge in [0.2, 0.25) is 15.9 Å². The zero-order chi connectivity index (χ0) is 19.7. The molecule has 0 radical (unpaired) electrons. The summed E-state index contributed by atoms with van der Waals surface area (Å²) in [6, 6.07) is 11.0. The Bertz CT molecular complexity index is 990. The first kappa shape index (κ1) is 18.6. The highest BCUT2D eigenvalue weighted by molar-refractivity contribution is 7.89. The largest absolute Gasteiger partial charge is 0.497 e. The molecular weight excluding hydrogens is 384 g/mol. The van der Waals surface area contributed by atoms with Gasteiger partial charge >= 0.3 is 0 Å². The zero-order valence-electron chi connectivity index (χ0n) is 15.3. The number of ether oxygens (including phenoxy) is 3. The van der Waals surface area contributed by atoms with Gasteiger partial charge in [-0.05, 0) is 36.4 Å². The maximum Gasteiger partial charge on any atom is 0.241 e. The second-order valence-corrected chi connectivity index (χ2v) is 8.24. The summed E-state index contributed by atoms with van der Waals surface area (Å²) in [4.78, 5) is 14.0. The maximum absolute atomic E-state index is 12.8. The van der Waals surface area contributed by atoms with E-state index in [1.165, 1.54) is 12.1 Å². The molecule has 9 heteroatoms. The summed E-state index contributed by atoms with van der Waals surface area (Å²) in [6.07, 6.45) is 0.0931. The van der Waals surface area contributed by atoms with E-state index in [-0.39, 0.29) is 23.8 Å². The molecule has 0 bridgehead atoms. The van der Waals surface area contributed by atoms with Crippen molar-refractivity contribution in [3.05, 3.63) is 42.5 Å². The van der Waals surface area contributed by atoms with Gasteiger partial charge in [0.25, 0.3) is 0 Å². The summed E-state index contributed by atoms with van der Waals surface area (Å²) in [7, 11) is -2.23. The Kier molecular flexibility index (Phi) is 4.86. The number of nitrogens with zero attached hydrogens (tertiary/aromatic N) is 1. The second kappa shape index (κ2) is 7.33. The minimum Gasteiger partial charge on any atom is -0.497 e. The number of fused-ring (bicyclic) bond motifs is 1. The van der Waals surface area contributed by atoms with Crippen molar-refractivity contribution in [2.75, 3.05) is 31.8 Å². The predicted octanol–water partition coefficient (Wildman–Crippen LogP) is 1.55. The molecule has 0 saturated carbocycles. The van der Waals surface area contributed by atoms with Gasteiger partial charge in [-0.2, -0.15) is 0 Å². The lowest BCUT2D eigenvalue weighted by molar-refractivity contribution is -0.117. The Morgan fingerprint density at radius 3 is 2.50 bits per heavy atom. The highest BCUT2D eigenvalue weighted by atomic mass is 32.2. The number of carbonyl (C=O) groups excluding carboxylic acids is 1. The van der Waals surface area contributed by atoms with E-state index in [1.54, 1.807) is 42.3 Å². The topological polar surface area (TPSA) is 94.2 Å². The van der Waals surface area contributed by atoms with E-state index in [2.05, 4.69) is 4.72 Å². The number of hydrogen-bond donors (Lipinski definition) is 1. The standard InChI is InChI=1S/C19H20N2O6S/c1-25-15-4-2-14(3-5-15)21-12-13(10-19(21)22)20-28(23,24)16-6-7-17-18(11-16)27-9-8-26-17/h2-7,11,13,20H,8-10,12H2,1H3. The van der Waals surface area contributed by atoms with Gasteiger partial charge in [0.15, 0.2) is 11.5 Å². The second-order valence-electron chi connectivity index (χ2n) is 6.53. The molecule has 2 aliphatic rings. The monoisotopic (exact) mass is 404 g/mol. The average molecular weight is 404 g/mol. The molecule has 1 fully saturated rings. The van der Waals surface area contributed by atoms with Crippen LogP contribution in [0.15, 0.2) is 47.4 Å². The molecule has 2 heterocycles. The fraction of sp³-hybridized carbons (Fsp3) is 0.316. The molecule has 1 unspecified atom stereocenters. The van der Waals surface area contributed by atoms with Gasteiger partial charge in [-0.15, -0.1) is 0 Å². The maximum atomic E-state index is 12.8. The van der Waals surface area contributed by atoms with Gasteiger partial charge in [-0.25, -0.2) is 13.1 Å². The van der Waals surface area contributed by atoms with E-state index in [0.29, 0.717) is 36.1 Å². The van der Waals surface area contributed by atoms with Crippen LogP contribution < -0.4 is 23.8 Å². The van der Waals surface area contributed by atoms with Gasteiger partial charge < -0.3 is 19.1 Å². The van der Waals surface area contributed by atoms with E-state index in [4.69, 9.17) is 14.2 Å². The Morgan fingerprint density at radius 1 is 1.07 bits per heavy atom. The molecule has 0 spiro atoms. The molecule has 8 nitrogen and oxygen atoms in total. The van der Waals surface area contributed by atoms with Crippen molar-refractivity contribution < 1.29 is 27.4 Å². The van der Waals surface area contributed by atoms with E-state index < -0.39 is 16.1 Å². The van der Waals surface area contributed by atoms with Crippen LogP contribution in [-0.2, 0) is 14.8 Å². The summed E-state index contributed by atoms with van der Waals surface area (Å²) in [6.45, 7) is 1.07. The minimum absolute atomic E-state index is 0.0760. The third kappa shape index (κ3) is 3.63. The Morgan fingerprint density at radius 2 is 1.79 bits per heavy atom. The number of rotatable bonds is 5. The zero-order valence-corrected chi connectivity index (χ0v) is 16.1. The number of hydrogen-bond acceptors (Lipinski definition) is 6. The minimum atomic E-state index is -3.80. The normalized spacial score (nSPS) is 19.0. The van der Waals surface area contributed by atoms with Crippen LogP contribution in [0.3, 0.4) is 0 Å². The van der Waals surface area contributed by atoms with Crippen molar-refractivity contribution in [3.63, 3.8) is 0 Å². The van der Waals surface area contributed by atoms with Crippen molar-refractivity contribution in [3.8, 4) is 17.2 Å². The van der Waals surface area contributed by atoms with Crippen LogP contribution in [0.4, 0.5) is 5.69 Å². The molecule has 1 amide bonds. The van der Waals surface area contributed by atoms with Crippen LogP contribution in [0, 0.1) is 0 Å². The lowest BCUT2D eigenvalue weighted by Crippen LogP contribution is -2.37. The van der Waals surface area contributed by atoms with Crippen molar-refractivity contribution in [1.82, 2.24) is 4.72 Å². The van der Waals surface area contributed by atoms with Gasteiger partial charge in [0, 0.05) is 30.8 Å². The van der Waals surface area contributed by atoms with Crippen LogP contribution in [0.5, 0.6) is 17.2 Å². The van der Waals surface area contributed by atoms with E-state index in [9.17, 15) is 13.2 Å². The quantitative estimate of drug-likeness (QED) is 0.813.